The number of aromatic nitrogens is 2. The number of methoxy groups -OCH3 is 1. The molecule has 1 aromatic heterocycles. The topological polar surface area (TPSA) is 103 Å². The van der Waals surface area contributed by atoms with E-state index in [1.54, 1.807) is 36.7 Å². The average molecular weight is 482 g/mol. The Balaban J connectivity index is 1.65. The lowest BCUT2D eigenvalue weighted by Crippen LogP contribution is -2.30. The predicted octanol–water partition coefficient (Wildman–Crippen LogP) is 3.87. The first-order chi connectivity index (χ1) is 16.2. The smallest absolute Gasteiger partial charge is 0.312 e. The number of nitro groups is 1. The van der Waals surface area contributed by atoms with Crippen molar-refractivity contribution < 1.29 is 18.8 Å². The fraction of sp³-hybridized carbons (Fsp3) is 0.174. The molecule has 0 unspecified atom stereocenters. The van der Waals surface area contributed by atoms with Crippen LogP contribution in [0.2, 0.25) is 0 Å². The normalized spacial score (nSPS) is 14.6. The van der Waals surface area contributed by atoms with Gasteiger partial charge in [-0.05, 0) is 74.1 Å². The van der Waals surface area contributed by atoms with Gasteiger partial charge in [-0.25, -0.2) is 4.39 Å². The lowest BCUT2D eigenvalue weighted by Gasteiger charge is -2.13. The highest BCUT2D eigenvalue weighted by Gasteiger charge is 2.32. The Labute approximate surface area is 199 Å². The summed E-state index contributed by atoms with van der Waals surface area (Å²) in [5.74, 6) is -0.210. The second kappa shape index (κ2) is 9.02. The van der Waals surface area contributed by atoms with Gasteiger partial charge in [0.1, 0.15) is 28.7 Å². The van der Waals surface area contributed by atoms with E-state index in [9.17, 15) is 19.3 Å². The number of aryl methyl sites for hydroxylation is 1. The van der Waals surface area contributed by atoms with Gasteiger partial charge in [0.25, 0.3) is 5.91 Å². The van der Waals surface area contributed by atoms with Crippen LogP contribution in [0, 0.1) is 29.8 Å². The molecule has 2 aromatic carbocycles. The molecule has 1 amide bonds. The van der Waals surface area contributed by atoms with Gasteiger partial charge in [0.15, 0.2) is 5.11 Å². The molecule has 0 radical (unpaired) electrons. The lowest BCUT2D eigenvalue weighted by atomic mass is 10.1. The van der Waals surface area contributed by atoms with Gasteiger partial charge in [-0.2, -0.15) is 5.10 Å². The molecule has 3 aromatic rings. The second-order valence-electron chi connectivity index (χ2n) is 7.61. The third-order valence-corrected chi connectivity index (χ3v) is 5.71. The molecule has 1 aliphatic heterocycles. The molecule has 0 saturated carbocycles. The first-order valence-corrected chi connectivity index (χ1v) is 10.6. The third kappa shape index (κ3) is 4.25. The molecule has 1 N–H and O–H groups in total. The van der Waals surface area contributed by atoms with Crippen molar-refractivity contribution in [3.63, 3.8) is 0 Å². The van der Waals surface area contributed by atoms with Crippen LogP contribution in [0.4, 0.5) is 15.8 Å². The van der Waals surface area contributed by atoms with Gasteiger partial charge in [-0.1, -0.05) is 6.07 Å². The molecule has 1 fully saturated rings. The van der Waals surface area contributed by atoms with E-state index in [0.29, 0.717) is 28.4 Å². The molecule has 0 bridgehead atoms. The standard InChI is InChI=1S/C23H20FN5O4S/c1-13-21(29(31)32)14(2)27(26-13)12-16-10-15(4-9-20(16)33-3)11-19-22(30)28(23(34)25-19)18-7-5-17(24)6-8-18/h4-11H,12H2,1-3H3,(H,25,34)/b19-11+. The second-order valence-corrected chi connectivity index (χ2v) is 8.00. The van der Waals surface area contributed by atoms with Crippen LogP contribution in [0.5, 0.6) is 5.75 Å². The van der Waals surface area contributed by atoms with Crippen molar-refractivity contribution in [2.45, 2.75) is 20.4 Å². The number of ether oxygens (including phenoxy) is 1. The molecule has 0 spiro atoms. The summed E-state index contributed by atoms with van der Waals surface area (Å²) in [4.78, 5) is 25.1. The highest BCUT2D eigenvalue weighted by Crippen LogP contribution is 2.28. The summed E-state index contributed by atoms with van der Waals surface area (Å²) in [6, 6.07) is 10.8. The largest absolute Gasteiger partial charge is 0.496 e. The van der Waals surface area contributed by atoms with Crippen molar-refractivity contribution in [2.75, 3.05) is 12.0 Å². The summed E-state index contributed by atoms with van der Waals surface area (Å²) in [7, 11) is 1.53. The Morgan fingerprint density at radius 3 is 2.56 bits per heavy atom. The third-order valence-electron chi connectivity index (χ3n) is 5.42. The van der Waals surface area contributed by atoms with Gasteiger partial charge in [-0.3, -0.25) is 24.5 Å². The number of carbonyl (C=O) groups excluding carboxylic acids is 1. The summed E-state index contributed by atoms with van der Waals surface area (Å²) in [6.07, 6.45) is 1.64. The molecule has 11 heteroatoms. The number of hydrogen-bond acceptors (Lipinski definition) is 6. The van der Waals surface area contributed by atoms with Crippen LogP contribution >= 0.6 is 12.2 Å². The zero-order valence-corrected chi connectivity index (χ0v) is 19.4. The molecule has 0 atom stereocenters. The molecule has 1 saturated heterocycles. The number of nitrogens with one attached hydrogen (secondary N) is 1. The van der Waals surface area contributed by atoms with Crippen molar-refractivity contribution in [1.82, 2.24) is 15.1 Å². The Morgan fingerprint density at radius 1 is 1.24 bits per heavy atom. The molecule has 0 aliphatic carbocycles. The van der Waals surface area contributed by atoms with Gasteiger partial charge in [0.05, 0.1) is 24.3 Å². The summed E-state index contributed by atoms with van der Waals surface area (Å²) in [6.45, 7) is 3.47. The van der Waals surface area contributed by atoms with Crippen LogP contribution in [-0.2, 0) is 11.3 Å². The number of thiocarbonyl (C=S) groups is 1. The number of hydrogen-bond donors (Lipinski definition) is 1. The minimum atomic E-state index is -0.445. The fourth-order valence-electron chi connectivity index (χ4n) is 3.81. The van der Waals surface area contributed by atoms with Crippen molar-refractivity contribution >= 4 is 40.7 Å². The number of benzene rings is 2. The van der Waals surface area contributed by atoms with Gasteiger partial charge in [-0.15, -0.1) is 0 Å². The number of anilines is 1. The number of carbonyl (C=O) groups is 1. The number of amides is 1. The minimum absolute atomic E-state index is 0.0209. The molecule has 9 nitrogen and oxygen atoms in total. The lowest BCUT2D eigenvalue weighted by molar-refractivity contribution is -0.386. The van der Waals surface area contributed by atoms with E-state index in [1.807, 2.05) is 6.07 Å². The maximum atomic E-state index is 13.3. The minimum Gasteiger partial charge on any atom is -0.496 e. The van der Waals surface area contributed by atoms with Crippen LogP contribution in [0.25, 0.3) is 6.08 Å². The van der Waals surface area contributed by atoms with Crippen LogP contribution in [0.1, 0.15) is 22.5 Å². The first kappa shape index (κ1) is 23.1. The Kier molecular flexibility index (Phi) is 6.12. The molecule has 34 heavy (non-hydrogen) atoms. The fourth-order valence-corrected chi connectivity index (χ4v) is 4.10. The van der Waals surface area contributed by atoms with Crippen molar-refractivity contribution in [3.05, 3.63) is 86.6 Å². The predicted molar refractivity (Wildman–Crippen MR) is 128 cm³/mol. The van der Waals surface area contributed by atoms with Crippen LogP contribution in [0.15, 0.2) is 48.2 Å². The Hall–Kier alpha value is -4.12. The summed E-state index contributed by atoms with van der Waals surface area (Å²) >= 11 is 5.30. The quantitative estimate of drug-likeness (QED) is 0.247. The number of halogens is 1. The number of nitrogens with zero attached hydrogens (tertiary/aromatic N) is 4. The van der Waals surface area contributed by atoms with E-state index >= 15 is 0 Å². The van der Waals surface area contributed by atoms with E-state index in [-0.39, 0.29) is 28.9 Å². The summed E-state index contributed by atoms with van der Waals surface area (Å²) in [5, 5.41) is 18.7. The Bertz CT molecular complexity index is 1350. The van der Waals surface area contributed by atoms with Crippen LogP contribution < -0.4 is 15.0 Å². The van der Waals surface area contributed by atoms with Gasteiger partial charge in [0, 0.05) is 5.56 Å². The van der Waals surface area contributed by atoms with Crippen molar-refractivity contribution in [1.29, 1.82) is 0 Å². The van der Waals surface area contributed by atoms with Gasteiger partial charge >= 0.3 is 5.69 Å². The van der Waals surface area contributed by atoms with E-state index in [2.05, 4.69) is 10.4 Å². The molecule has 174 valence electrons. The highest BCUT2D eigenvalue weighted by molar-refractivity contribution is 7.80. The van der Waals surface area contributed by atoms with Crippen molar-refractivity contribution in [2.24, 2.45) is 0 Å². The monoisotopic (exact) mass is 481 g/mol. The molecule has 1 aliphatic rings. The van der Waals surface area contributed by atoms with Crippen LogP contribution in [0.3, 0.4) is 0 Å². The van der Waals surface area contributed by atoms with Crippen LogP contribution in [-0.4, -0.2) is 32.8 Å². The zero-order chi connectivity index (χ0) is 24.6. The molecular formula is C23H20FN5O4S. The highest BCUT2D eigenvalue weighted by atomic mass is 32.1. The molecular weight excluding hydrogens is 461 g/mol. The van der Waals surface area contributed by atoms with Gasteiger partial charge in [0.2, 0.25) is 0 Å². The Morgan fingerprint density at radius 2 is 1.94 bits per heavy atom. The molecule has 4 rings (SSSR count). The van der Waals surface area contributed by atoms with Gasteiger partial charge < -0.3 is 10.1 Å². The average Bonchev–Trinajstić information content (AvgIpc) is 3.23. The zero-order valence-electron chi connectivity index (χ0n) is 18.5. The van der Waals surface area contributed by atoms with E-state index in [0.717, 1.165) is 5.56 Å². The van der Waals surface area contributed by atoms with E-state index in [1.165, 1.54) is 36.3 Å². The first-order valence-electron chi connectivity index (χ1n) is 10.2. The van der Waals surface area contributed by atoms with Crippen molar-refractivity contribution in [3.8, 4) is 5.75 Å². The SMILES string of the molecule is COc1ccc(/C=C2/NC(=S)N(c3ccc(F)cc3)C2=O)cc1Cn1nc(C)c([N+](=O)[O-])c1C. The maximum absolute atomic E-state index is 13.3. The number of rotatable bonds is 6. The summed E-state index contributed by atoms with van der Waals surface area (Å²) < 4.78 is 20.3. The maximum Gasteiger partial charge on any atom is 0.312 e. The molecule has 2 heterocycles. The summed E-state index contributed by atoms with van der Waals surface area (Å²) in [5.41, 5.74) is 2.86. The van der Waals surface area contributed by atoms with E-state index in [4.69, 9.17) is 17.0 Å². The van der Waals surface area contributed by atoms with E-state index < -0.39 is 10.7 Å².